The highest BCUT2D eigenvalue weighted by molar-refractivity contribution is 4.62. The summed E-state index contributed by atoms with van der Waals surface area (Å²) < 4.78 is 0. The van der Waals surface area contributed by atoms with Crippen LogP contribution in [0.2, 0.25) is 0 Å². The number of unbranched alkanes of at least 4 members (excludes halogenated alkanes) is 10. The van der Waals surface area contributed by atoms with Crippen LogP contribution in [0.1, 0.15) is 97.8 Å². The van der Waals surface area contributed by atoms with E-state index < -0.39 is 0 Å². The van der Waals surface area contributed by atoms with E-state index in [1.165, 1.54) is 70.5 Å². The Morgan fingerprint density at radius 1 is 0.615 bits per heavy atom. The van der Waals surface area contributed by atoms with Gasteiger partial charge in [0, 0.05) is 15.1 Å². The average molecular weight is 379 g/mol. The van der Waals surface area contributed by atoms with Crippen LogP contribution in [0.4, 0.5) is 0 Å². The lowest BCUT2D eigenvalue weighted by atomic mass is 10.0. The first-order valence-corrected chi connectivity index (χ1v) is 10.00. The molecular weight excluding hydrogens is 340 g/mol. The molecule has 0 spiro atoms. The first-order chi connectivity index (χ1) is 12.8. The molecule has 0 heterocycles. The highest BCUT2D eigenvalue weighted by Gasteiger charge is 1.97. The molecule has 0 unspecified atom stereocenters. The van der Waals surface area contributed by atoms with Gasteiger partial charge in [0.25, 0.3) is 0 Å². The Kier molecular flexibility index (Phi) is 21.7. The molecule has 0 aliphatic carbocycles. The van der Waals surface area contributed by atoms with Crippen LogP contribution in [-0.4, -0.2) is 6.61 Å². The average Bonchev–Trinajstić information content (AvgIpc) is 2.62. The lowest BCUT2D eigenvalue weighted by molar-refractivity contribution is -0.786. The fourth-order valence-electron chi connectivity index (χ4n) is 2.49. The second-order valence-corrected chi connectivity index (χ2v) is 6.80. The Balaban J connectivity index is 2.99. The maximum atomic E-state index is 4.73. The number of rotatable bonds is 21. The van der Waals surface area contributed by atoms with E-state index in [1.54, 1.807) is 13.0 Å². The summed E-state index contributed by atoms with van der Waals surface area (Å²) in [5.74, 6) is 0.852. The van der Waals surface area contributed by atoms with Crippen LogP contribution in [0, 0.1) is 5.92 Å². The Labute approximate surface area is 158 Å². The lowest BCUT2D eigenvalue weighted by Crippen LogP contribution is -2.01. The van der Waals surface area contributed by atoms with Crippen molar-refractivity contribution in [2.75, 3.05) is 6.61 Å². The van der Waals surface area contributed by atoms with Crippen LogP contribution in [0.5, 0.6) is 0 Å². The van der Waals surface area contributed by atoms with Gasteiger partial charge < -0.3 is 4.89 Å². The number of hydrogen-bond donors (Lipinski definition) is 0. The summed E-state index contributed by atoms with van der Waals surface area (Å²) in [7, 11) is 0. The topological polar surface area (TPSA) is 64.6 Å². The van der Waals surface area contributed by atoms with Crippen molar-refractivity contribution in [2.45, 2.75) is 97.8 Å². The van der Waals surface area contributed by atoms with Gasteiger partial charge in [-0.1, -0.05) is 84.5 Å². The van der Waals surface area contributed by atoms with Gasteiger partial charge in [0.2, 0.25) is 0 Å². The molecule has 0 aromatic rings. The summed E-state index contributed by atoms with van der Waals surface area (Å²) >= 11 is 0. The van der Waals surface area contributed by atoms with Crippen LogP contribution in [0.25, 0.3) is 0 Å². The molecule has 0 aliphatic heterocycles. The predicted octanol–water partition coefficient (Wildman–Crippen LogP) is 6.46. The van der Waals surface area contributed by atoms with Gasteiger partial charge >= 0.3 is 0 Å². The van der Waals surface area contributed by atoms with Crippen molar-refractivity contribution in [1.29, 1.82) is 0 Å². The first kappa shape index (κ1) is 25.3. The van der Waals surface area contributed by atoms with Gasteiger partial charge in [-0.25, -0.2) is 4.89 Å². The van der Waals surface area contributed by atoms with E-state index in [4.69, 9.17) is 4.89 Å². The third kappa shape index (κ3) is 23.3. The van der Waals surface area contributed by atoms with Crippen molar-refractivity contribution in [3.8, 4) is 0 Å². The van der Waals surface area contributed by atoms with Gasteiger partial charge in [0.1, 0.15) is 6.26 Å². The van der Waals surface area contributed by atoms with Crippen LogP contribution in [0.15, 0.2) is 12.3 Å². The Morgan fingerprint density at radius 2 is 1.12 bits per heavy atom. The van der Waals surface area contributed by atoms with Crippen molar-refractivity contribution in [2.24, 2.45) is 5.92 Å². The van der Waals surface area contributed by atoms with Crippen molar-refractivity contribution in [1.82, 2.24) is 0 Å². The second kappa shape index (κ2) is 22.3. The quantitative estimate of drug-likeness (QED) is 0.0982. The molecule has 0 saturated heterocycles. The molecular formula is C19H38O7. The summed E-state index contributed by atoms with van der Waals surface area (Å²) in [6.07, 6.45) is 18.4. The third-order valence-corrected chi connectivity index (χ3v) is 3.90. The van der Waals surface area contributed by atoms with Crippen LogP contribution in [-0.2, 0) is 35.0 Å². The lowest BCUT2D eigenvalue weighted by Gasteiger charge is -2.05. The molecule has 0 fully saturated rings. The van der Waals surface area contributed by atoms with Crippen LogP contribution in [0.3, 0.4) is 0 Å². The van der Waals surface area contributed by atoms with Gasteiger partial charge in [-0.3, -0.25) is 0 Å². The molecule has 0 radical (unpaired) electrons. The van der Waals surface area contributed by atoms with Gasteiger partial charge in [0.15, 0.2) is 0 Å². The minimum absolute atomic E-state index is 0.426. The Hall–Kier alpha value is -0.700. The van der Waals surface area contributed by atoms with E-state index in [-0.39, 0.29) is 0 Å². The summed E-state index contributed by atoms with van der Waals surface area (Å²) in [6.45, 7) is 6.77. The molecule has 7 nitrogen and oxygen atoms in total. The van der Waals surface area contributed by atoms with E-state index >= 15 is 0 Å². The molecule has 0 aromatic heterocycles. The fraction of sp³-hybridized carbons (Fsp3) is 0.895. The molecule has 26 heavy (non-hydrogen) atoms. The molecule has 0 aromatic carbocycles. The minimum atomic E-state index is 0.426. The van der Waals surface area contributed by atoms with Crippen molar-refractivity contribution < 1.29 is 35.0 Å². The number of allylic oxidation sites excluding steroid dienone is 1. The maximum Gasteiger partial charge on any atom is 0.128 e. The minimum Gasteiger partial charge on any atom is -0.314 e. The zero-order valence-electron chi connectivity index (χ0n) is 16.8. The molecule has 0 atom stereocenters. The molecule has 156 valence electrons. The van der Waals surface area contributed by atoms with Crippen LogP contribution < -0.4 is 0 Å². The highest BCUT2D eigenvalue weighted by Crippen LogP contribution is 2.13. The van der Waals surface area contributed by atoms with E-state index in [1.807, 2.05) is 0 Å². The standard InChI is InChI=1S/C19H38O7/c1-4-17-20-22-24-26-25-23-21-18-15-13-11-9-7-5-6-8-10-12-14-16-19(2)3/h4,17,19H,5-16,18H2,1-3H3. The SMILES string of the molecule is CC=COOOOOOOCCCCCCCCCCCCCC(C)C. The summed E-state index contributed by atoms with van der Waals surface area (Å²) in [4.78, 5) is 9.05. The van der Waals surface area contributed by atoms with Crippen LogP contribution >= 0.6 is 0 Å². The molecule has 0 aliphatic rings. The molecule has 7 heteroatoms. The Morgan fingerprint density at radius 3 is 1.69 bits per heavy atom. The molecule has 0 saturated carbocycles. The largest absolute Gasteiger partial charge is 0.314 e. The third-order valence-electron chi connectivity index (χ3n) is 3.90. The molecule has 0 bridgehead atoms. The zero-order valence-corrected chi connectivity index (χ0v) is 16.8. The Bertz CT molecular complexity index is 285. The fourth-order valence-corrected chi connectivity index (χ4v) is 2.49. The number of hydrogen-bond acceptors (Lipinski definition) is 7. The van der Waals surface area contributed by atoms with Crippen molar-refractivity contribution in [3.05, 3.63) is 12.3 Å². The monoisotopic (exact) mass is 378 g/mol. The van der Waals surface area contributed by atoms with Crippen molar-refractivity contribution in [3.63, 3.8) is 0 Å². The summed E-state index contributed by atoms with van der Waals surface area (Å²) in [5.41, 5.74) is 0. The zero-order chi connectivity index (χ0) is 19.1. The molecule has 0 amide bonds. The highest BCUT2D eigenvalue weighted by atomic mass is 17.9. The normalized spacial score (nSPS) is 11.7. The van der Waals surface area contributed by atoms with E-state index in [0.717, 1.165) is 18.8 Å². The summed E-state index contributed by atoms with van der Waals surface area (Å²) in [5, 5.41) is 20.3. The maximum absolute atomic E-state index is 4.73. The summed E-state index contributed by atoms with van der Waals surface area (Å²) in [6, 6.07) is 0. The molecule has 0 rings (SSSR count). The predicted molar refractivity (Wildman–Crippen MR) is 97.5 cm³/mol. The van der Waals surface area contributed by atoms with Gasteiger partial charge in [-0.15, -0.1) is 0 Å². The second-order valence-electron chi connectivity index (χ2n) is 6.80. The van der Waals surface area contributed by atoms with E-state index in [0.29, 0.717) is 6.61 Å². The first-order valence-electron chi connectivity index (χ1n) is 10.00. The van der Waals surface area contributed by atoms with Crippen molar-refractivity contribution >= 4 is 0 Å². The smallest absolute Gasteiger partial charge is 0.128 e. The van der Waals surface area contributed by atoms with Gasteiger partial charge in [-0.05, 0) is 35.4 Å². The van der Waals surface area contributed by atoms with Gasteiger partial charge in [-0.2, -0.15) is 0 Å². The van der Waals surface area contributed by atoms with E-state index in [2.05, 4.69) is 43.9 Å². The van der Waals surface area contributed by atoms with E-state index in [9.17, 15) is 0 Å². The van der Waals surface area contributed by atoms with Gasteiger partial charge in [0.05, 0.1) is 6.61 Å². The molecule has 0 N–H and O–H groups in total.